The molecule has 2 aromatic heterocycles. The molecule has 10 heteroatoms. The Morgan fingerprint density at radius 3 is 2.47 bits per heavy atom. The van der Waals surface area contributed by atoms with Crippen LogP contribution in [0.2, 0.25) is 5.02 Å². The molecule has 8 nitrogen and oxygen atoms in total. The molecule has 2 aromatic carbocycles. The first-order valence-corrected chi connectivity index (χ1v) is 11.7. The van der Waals surface area contributed by atoms with E-state index in [4.69, 9.17) is 17.3 Å². The zero-order chi connectivity index (χ0) is 25.6. The number of hydrogen-bond donors (Lipinski definition) is 2. The predicted octanol–water partition coefficient (Wildman–Crippen LogP) is 3.71. The summed E-state index contributed by atoms with van der Waals surface area (Å²) >= 11 is 6.48. The minimum absolute atomic E-state index is 0.120. The molecule has 1 fully saturated rings. The Morgan fingerprint density at radius 2 is 1.86 bits per heavy atom. The van der Waals surface area contributed by atoms with Gasteiger partial charge in [0.2, 0.25) is 5.91 Å². The van der Waals surface area contributed by atoms with Crippen LogP contribution in [-0.2, 0) is 11.8 Å². The molecule has 3 N–H and O–H groups in total. The van der Waals surface area contributed by atoms with Crippen molar-refractivity contribution in [1.82, 2.24) is 14.1 Å². The van der Waals surface area contributed by atoms with Crippen molar-refractivity contribution in [3.8, 4) is 33.7 Å². The first-order chi connectivity index (χ1) is 17.2. The number of carbonyl (C=O) groups is 1. The molecule has 3 heterocycles. The third kappa shape index (κ3) is 4.22. The molecule has 0 bridgehead atoms. The Kier molecular flexibility index (Phi) is 6.01. The lowest BCUT2D eigenvalue weighted by Crippen LogP contribution is -2.27. The van der Waals surface area contributed by atoms with E-state index in [0.717, 1.165) is 0 Å². The molecule has 5 rings (SSSR count). The number of pyridine rings is 1. The van der Waals surface area contributed by atoms with Crippen molar-refractivity contribution in [3.63, 3.8) is 0 Å². The van der Waals surface area contributed by atoms with Crippen molar-refractivity contribution in [2.75, 3.05) is 18.0 Å². The number of phenolic OH excluding ortho intramolecular Hbond substituents is 1. The topological polar surface area (TPSA) is 106 Å². The van der Waals surface area contributed by atoms with Crippen molar-refractivity contribution in [2.45, 2.75) is 6.42 Å². The van der Waals surface area contributed by atoms with Gasteiger partial charge in [-0.2, -0.15) is 0 Å². The van der Waals surface area contributed by atoms with E-state index in [-0.39, 0.29) is 33.9 Å². The predicted molar refractivity (Wildman–Crippen MR) is 136 cm³/mol. The van der Waals surface area contributed by atoms with Gasteiger partial charge >= 0.3 is 5.69 Å². The summed E-state index contributed by atoms with van der Waals surface area (Å²) < 4.78 is 17.6. The van der Waals surface area contributed by atoms with Crippen LogP contribution in [0.3, 0.4) is 0 Å². The fourth-order valence-electron chi connectivity index (χ4n) is 4.52. The molecule has 1 atom stereocenters. The number of hydrogen-bond acceptors (Lipinski definition) is 5. The number of aromatic hydroxyl groups is 1. The van der Waals surface area contributed by atoms with Crippen LogP contribution in [0.5, 0.6) is 5.75 Å². The highest BCUT2D eigenvalue weighted by molar-refractivity contribution is 6.32. The van der Waals surface area contributed by atoms with Crippen molar-refractivity contribution < 1.29 is 14.3 Å². The largest absolute Gasteiger partial charge is 0.507 e. The molecule has 1 amide bonds. The second kappa shape index (κ2) is 9.16. The number of amides is 1. The molecule has 184 valence electrons. The molecule has 36 heavy (non-hydrogen) atoms. The SMILES string of the molecule is Cn1ccn(-c2ccc(-c3cc(F)cc(-c4ccnc(N5CC[C@H](C(N)=O)C5)c4)c3O)cc2Cl)c1=O. The average molecular weight is 508 g/mol. The number of aromatic nitrogens is 3. The number of carbonyl (C=O) groups excluding carboxylic acids is 1. The summed E-state index contributed by atoms with van der Waals surface area (Å²) in [6, 6.07) is 10.8. The third-order valence-electron chi connectivity index (χ3n) is 6.51. The van der Waals surface area contributed by atoms with Gasteiger partial charge in [0, 0.05) is 49.9 Å². The standard InChI is InChI=1S/C26H23ClFN5O3/c1-31-8-9-33(26(31)36)22-3-2-15(10-21(22)27)19-12-18(28)13-20(24(19)34)16-4-6-30-23(11-16)32-7-5-17(14-32)25(29)35/h2-4,6,8-13,17,34H,5,7,14H2,1H3,(H2,29,35)/t17-/m0/s1. The molecule has 0 unspecified atom stereocenters. The number of benzene rings is 2. The number of phenols is 1. The molecule has 1 saturated heterocycles. The maximum Gasteiger partial charge on any atom is 0.332 e. The second-order valence-corrected chi connectivity index (χ2v) is 9.22. The van der Waals surface area contributed by atoms with Gasteiger partial charge in [-0.25, -0.2) is 14.2 Å². The summed E-state index contributed by atoms with van der Waals surface area (Å²) in [5.41, 5.74) is 7.26. The highest BCUT2D eigenvalue weighted by atomic mass is 35.5. The Labute approximate surface area is 211 Å². The Bertz CT molecular complexity index is 1550. The molecule has 0 spiro atoms. The molecular formula is C26H23ClFN5O3. The van der Waals surface area contributed by atoms with E-state index in [1.165, 1.54) is 21.3 Å². The van der Waals surface area contributed by atoms with Crippen molar-refractivity contribution >= 4 is 23.3 Å². The smallest absolute Gasteiger partial charge is 0.332 e. The number of rotatable bonds is 5. The Balaban J connectivity index is 1.52. The highest BCUT2D eigenvalue weighted by Gasteiger charge is 2.27. The lowest BCUT2D eigenvalue weighted by atomic mass is 9.97. The molecule has 1 aliphatic rings. The van der Waals surface area contributed by atoms with Crippen molar-refractivity contribution in [2.24, 2.45) is 18.7 Å². The summed E-state index contributed by atoms with van der Waals surface area (Å²) in [6.45, 7) is 1.08. The van der Waals surface area contributed by atoms with Gasteiger partial charge in [0.15, 0.2) is 0 Å². The van der Waals surface area contributed by atoms with Gasteiger partial charge in [0.25, 0.3) is 0 Å². The van der Waals surface area contributed by atoms with Crippen LogP contribution < -0.4 is 16.3 Å². The van der Waals surface area contributed by atoms with Gasteiger partial charge in [-0.1, -0.05) is 17.7 Å². The fraction of sp³-hybridized carbons (Fsp3) is 0.192. The molecule has 0 radical (unpaired) electrons. The third-order valence-corrected chi connectivity index (χ3v) is 6.81. The highest BCUT2D eigenvalue weighted by Crippen LogP contribution is 2.41. The van der Waals surface area contributed by atoms with Gasteiger partial charge in [-0.15, -0.1) is 0 Å². The number of imidazole rings is 1. The van der Waals surface area contributed by atoms with E-state index in [1.54, 1.807) is 56.0 Å². The summed E-state index contributed by atoms with van der Waals surface area (Å²) in [5, 5.41) is 11.4. The number of nitrogens with two attached hydrogens (primary N) is 1. The summed E-state index contributed by atoms with van der Waals surface area (Å²) in [7, 11) is 1.64. The first kappa shape index (κ1) is 23.6. The van der Waals surface area contributed by atoms with E-state index < -0.39 is 5.82 Å². The van der Waals surface area contributed by atoms with E-state index in [9.17, 15) is 19.1 Å². The van der Waals surface area contributed by atoms with Gasteiger partial charge in [0.05, 0.1) is 16.6 Å². The van der Waals surface area contributed by atoms with Gasteiger partial charge < -0.3 is 20.3 Å². The quantitative estimate of drug-likeness (QED) is 0.428. The number of primary amides is 1. The van der Waals surface area contributed by atoms with Gasteiger partial charge in [0.1, 0.15) is 17.4 Å². The Morgan fingerprint density at radius 1 is 1.14 bits per heavy atom. The van der Waals surface area contributed by atoms with Gasteiger partial charge in [-0.05, 0) is 53.9 Å². The number of nitrogens with zero attached hydrogens (tertiary/aromatic N) is 4. The summed E-state index contributed by atoms with van der Waals surface area (Å²) in [5.74, 6) is -0.634. The Hall–Kier alpha value is -4.11. The van der Waals surface area contributed by atoms with Crippen LogP contribution in [-0.4, -0.2) is 38.2 Å². The molecule has 0 saturated carbocycles. The molecule has 1 aliphatic heterocycles. The maximum atomic E-state index is 14.8. The summed E-state index contributed by atoms with van der Waals surface area (Å²) in [6.07, 6.45) is 5.45. The lowest BCUT2D eigenvalue weighted by molar-refractivity contribution is -0.121. The van der Waals surface area contributed by atoms with Crippen LogP contribution >= 0.6 is 11.6 Å². The lowest BCUT2D eigenvalue weighted by Gasteiger charge is -2.18. The maximum absolute atomic E-state index is 14.8. The molecular weight excluding hydrogens is 485 g/mol. The second-order valence-electron chi connectivity index (χ2n) is 8.81. The minimum Gasteiger partial charge on any atom is -0.507 e. The average Bonchev–Trinajstić information content (AvgIpc) is 3.48. The number of aryl methyl sites for hydroxylation is 1. The van der Waals surface area contributed by atoms with E-state index in [2.05, 4.69) is 4.98 Å². The first-order valence-electron chi connectivity index (χ1n) is 11.3. The van der Waals surface area contributed by atoms with Crippen LogP contribution in [0.25, 0.3) is 27.9 Å². The zero-order valence-electron chi connectivity index (χ0n) is 19.4. The van der Waals surface area contributed by atoms with E-state index in [1.807, 2.05) is 4.90 Å². The fourth-order valence-corrected chi connectivity index (χ4v) is 4.79. The van der Waals surface area contributed by atoms with Crippen molar-refractivity contribution in [3.05, 3.63) is 82.4 Å². The van der Waals surface area contributed by atoms with Crippen LogP contribution in [0.15, 0.2) is 65.8 Å². The van der Waals surface area contributed by atoms with Gasteiger partial charge in [-0.3, -0.25) is 9.36 Å². The summed E-state index contributed by atoms with van der Waals surface area (Å²) in [4.78, 5) is 30.2. The van der Waals surface area contributed by atoms with E-state index in [0.29, 0.717) is 47.7 Å². The monoisotopic (exact) mass is 507 g/mol. The number of halogens is 2. The van der Waals surface area contributed by atoms with Crippen LogP contribution in [0, 0.1) is 11.7 Å². The van der Waals surface area contributed by atoms with Crippen LogP contribution in [0.4, 0.5) is 10.2 Å². The zero-order valence-corrected chi connectivity index (χ0v) is 20.1. The molecule has 4 aromatic rings. The van der Waals surface area contributed by atoms with Crippen LogP contribution in [0.1, 0.15) is 6.42 Å². The molecule has 0 aliphatic carbocycles. The van der Waals surface area contributed by atoms with Crippen molar-refractivity contribution in [1.29, 1.82) is 0 Å². The minimum atomic E-state index is -0.536. The van der Waals surface area contributed by atoms with E-state index >= 15 is 0 Å². The number of anilines is 1. The normalized spacial score (nSPS) is 15.4.